The monoisotopic (exact) mass is 325 g/mol. The maximum absolute atomic E-state index is 6.17. The molecule has 0 unspecified atom stereocenters. The Bertz CT molecular complexity index is 916. The van der Waals surface area contributed by atoms with E-state index in [2.05, 4.69) is 5.16 Å². The van der Waals surface area contributed by atoms with Gasteiger partial charge in [-0.05, 0) is 18.2 Å². The van der Waals surface area contributed by atoms with Crippen molar-refractivity contribution in [2.75, 3.05) is 21.3 Å². The predicted octanol–water partition coefficient (Wildman–Crippen LogP) is 4.14. The summed E-state index contributed by atoms with van der Waals surface area (Å²) in [4.78, 5) is 0. The summed E-state index contributed by atoms with van der Waals surface area (Å²) in [5, 5.41) is 4.15. The zero-order chi connectivity index (χ0) is 16.7. The van der Waals surface area contributed by atoms with Crippen molar-refractivity contribution < 1.29 is 23.5 Å². The largest absolute Gasteiger partial charge is 0.497 e. The van der Waals surface area contributed by atoms with E-state index in [4.69, 9.17) is 23.5 Å². The molecule has 0 atom stereocenters. The van der Waals surface area contributed by atoms with Crippen molar-refractivity contribution in [3.63, 3.8) is 0 Å². The molecule has 0 aliphatic carbocycles. The maximum atomic E-state index is 6.17. The van der Waals surface area contributed by atoms with Crippen molar-refractivity contribution in [2.24, 2.45) is 0 Å². The highest BCUT2D eigenvalue weighted by molar-refractivity contribution is 5.89. The van der Waals surface area contributed by atoms with Gasteiger partial charge in [-0.15, -0.1) is 0 Å². The fraction of sp³-hybridized carbons (Fsp3) is 0.167. The standard InChI is InChI=1S/C18H15NO5/c1-20-10-4-5-12-14-9-23-19-17(14)13-6-11(21-2)8-16(22-3)18(13)24-15(12)7-10/h4-9H,1-3H3. The van der Waals surface area contributed by atoms with Crippen LogP contribution in [-0.2, 0) is 0 Å². The molecule has 2 aromatic carbocycles. The van der Waals surface area contributed by atoms with Crippen molar-refractivity contribution in [3.05, 3.63) is 36.6 Å². The summed E-state index contributed by atoms with van der Waals surface area (Å²) >= 11 is 0. The summed E-state index contributed by atoms with van der Waals surface area (Å²) < 4.78 is 27.5. The van der Waals surface area contributed by atoms with Crippen LogP contribution in [0.4, 0.5) is 0 Å². The minimum Gasteiger partial charge on any atom is -0.497 e. The first-order valence-electron chi connectivity index (χ1n) is 7.32. The van der Waals surface area contributed by atoms with Crippen molar-refractivity contribution in [3.8, 4) is 51.1 Å². The van der Waals surface area contributed by atoms with Gasteiger partial charge in [0.1, 0.15) is 29.2 Å². The second-order valence-corrected chi connectivity index (χ2v) is 5.25. The van der Waals surface area contributed by atoms with Crippen molar-refractivity contribution >= 4 is 0 Å². The molecule has 2 heterocycles. The molecule has 3 aromatic rings. The van der Waals surface area contributed by atoms with Gasteiger partial charge in [-0.2, -0.15) is 0 Å². The minimum atomic E-state index is 0.550. The van der Waals surface area contributed by atoms with Crippen LogP contribution in [0.2, 0.25) is 0 Å². The van der Waals surface area contributed by atoms with Crippen LogP contribution in [0.3, 0.4) is 0 Å². The molecule has 1 aliphatic heterocycles. The second kappa shape index (κ2) is 5.49. The van der Waals surface area contributed by atoms with Crippen LogP contribution in [0, 0.1) is 0 Å². The molecule has 1 aliphatic rings. The van der Waals surface area contributed by atoms with Gasteiger partial charge in [-0.3, -0.25) is 0 Å². The van der Waals surface area contributed by atoms with Gasteiger partial charge in [0, 0.05) is 17.7 Å². The highest BCUT2D eigenvalue weighted by Gasteiger charge is 2.27. The van der Waals surface area contributed by atoms with Crippen LogP contribution in [0.25, 0.3) is 22.4 Å². The first kappa shape index (κ1) is 14.4. The van der Waals surface area contributed by atoms with Gasteiger partial charge >= 0.3 is 0 Å². The highest BCUT2D eigenvalue weighted by atomic mass is 16.5. The molecule has 0 bridgehead atoms. The van der Waals surface area contributed by atoms with E-state index in [0.29, 0.717) is 34.4 Å². The molecular weight excluding hydrogens is 310 g/mol. The summed E-state index contributed by atoms with van der Waals surface area (Å²) in [6, 6.07) is 9.23. The molecule has 6 heteroatoms. The van der Waals surface area contributed by atoms with E-state index in [0.717, 1.165) is 16.7 Å². The van der Waals surface area contributed by atoms with E-state index < -0.39 is 0 Å². The fourth-order valence-electron chi connectivity index (χ4n) is 2.80. The van der Waals surface area contributed by atoms with Crippen LogP contribution in [0.5, 0.6) is 28.7 Å². The van der Waals surface area contributed by atoms with Gasteiger partial charge in [0.2, 0.25) is 0 Å². The SMILES string of the molecule is COc1ccc2c(c1)Oc1c(OC)cc(OC)cc1-c1nocc1-2. The van der Waals surface area contributed by atoms with Gasteiger partial charge in [0.25, 0.3) is 0 Å². The smallest absolute Gasteiger partial charge is 0.179 e. The molecule has 0 saturated carbocycles. The number of hydrogen-bond donors (Lipinski definition) is 0. The zero-order valence-electron chi connectivity index (χ0n) is 13.5. The highest BCUT2D eigenvalue weighted by Crippen LogP contribution is 2.51. The summed E-state index contributed by atoms with van der Waals surface area (Å²) in [7, 11) is 4.80. The van der Waals surface area contributed by atoms with E-state index in [-0.39, 0.29) is 0 Å². The van der Waals surface area contributed by atoms with E-state index in [1.807, 2.05) is 24.3 Å². The molecule has 0 saturated heterocycles. The van der Waals surface area contributed by atoms with Gasteiger partial charge in [-0.1, -0.05) is 5.16 Å². The van der Waals surface area contributed by atoms with E-state index in [1.165, 1.54) is 0 Å². The number of rotatable bonds is 3. The van der Waals surface area contributed by atoms with Gasteiger partial charge in [0.15, 0.2) is 11.5 Å². The third-order valence-corrected chi connectivity index (χ3v) is 4.00. The molecule has 0 N–H and O–H groups in total. The fourth-order valence-corrected chi connectivity index (χ4v) is 2.80. The van der Waals surface area contributed by atoms with Crippen LogP contribution in [0.1, 0.15) is 0 Å². The Morgan fingerprint density at radius 2 is 1.67 bits per heavy atom. The number of benzene rings is 2. The van der Waals surface area contributed by atoms with Gasteiger partial charge in [-0.25, -0.2) is 0 Å². The number of ether oxygens (including phenoxy) is 4. The lowest BCUT2D eigenvalue weighted by atomic mass is 10.0. The van der Waals surface area contributed by atoms with Crippen LogP contribution in [-0.4, -0.2) is 26.5 Å². The zero-order valence-corrected chi connectivity index (χ0v) is 13.5. The Labute approximate surface area is 138 Å². The average molecular weight is 325 g/mol. The summed E-state index contributed by atoms with van der Waals surface area (Å²) in [5.74, 6) is 3.09. The van der Waals surface area contributed by atoms with Crippen molar-refractivity contribution in [1.29, 1.82) is 0 Å². The molecule has 122 valence electrons. The summed E-state index contributed by atoms with van der Waals surface area (Å²) in [6.45, 7) is 0. The number of fused-ring (bicyclic) bond motifs is 5. The lowest BCUT2D eigenvalue weighted by molar-refractivity contribution is 0.368. The number of nitrogens with zero attached hydrogens (tertiary/aromatic N) is 1. The molecule has 0 amide bonds. The first-order chi connectivity index (χ1) is 11.7. The maximum Gasteiger partial charge on any atom is 0.179 e. The Morgan fingerprint density at radius 3 is 2.42 bits per heavy atom. The summed E-state index contributed by atoms with van der Waals surface area (Å²) in [6.07, 6.45) is 1.60. The van der Waals surface area contributed by atoms with E-state index >= 15 is 0 Å². The molecule has 4 rings (SSSR count). The third kappa shape index (κ3) is 2.07. The van der Waals surface area contributed by atoms with Crippen molar-refractivity contribution in [2.45, 2.75) is 0 Å². The topological polar surface area (TPSA) is 63.0 Å². The Morgan fingerprint density at radius 1 is 0.833 bits per heavy atom. The molecule has 0 radical (unpaired) electrons. The lowest BCUT2D eigenvalue weighted by Gasteiger charge is -2.14. The van der Waals surface area contributed by atoms with Crippen molar-refractivity contribution in [1.82, 2.24) is 5.16 Å². The van der Waals surface area contributed by atoms with E-state index in [1.54, 1.807) is 33.7 Å². The average Bonchev–Trinajstić information content (AvgIpc) is 3.06. The van der Waals surface area contributed by atoms with Crippen LogP contribution in [0.15, 0.2) is 41.1 Å². The van der Waals surface area contributed by atoms with Gasteiger partial charge in [0.05, 0.1) is 32.5 Å². The Hall–Kier alpha value is -3.15. The number of methoxy groups -OCH3 is 3. The van der Waals surface area contributed by atoms with Gasteiger partial charge < -0.3 is 23.5 Å². The molecular formula is C18H15NO5. The predicted molar refractivity (Wildman–Crippen MR) is 87.1 cm³/mol. The second-order valence-electron chi connectivity index (χ2n) is 5.25. The normalized spacial score (nSPS) is 11.5. The molecule has 1 aromatic heterocycles. The third-order valence-electron chi connectivity index (χ3n) is 4.00. The first-order valence-corrected chi connectivity index (χ1v) is 7.32. The molecule has 0 fully saturated rings. The summed E-state index contributed by atoms with van der Waals surface area (Å²) in [5.41, 5.74) is 3.11. The lowest BCUT2D eigenvalue weighted by Crippen LogP contribution is -1.95. The molecule has 24 heavy (non-hydrogen) atoms. The minimum absolute atomic E-state index is 0.550. The van der Waals surface area contributed by atoms with E-state index in [9.17, 15) is 0 Å². The molecule has 0 spiro atoms. The Kier molecular flexibility index (Phi) is 3.30. The number of hydrogen-bond acceptors (Lipinski definition) is 6. The number of aromatic nitrogens is 1. The van der Waals surface area contributed by atoms with Crippen LogP contribution >= 0.6 is 0 Å². The quantitative estimate of drug-likeness (QED) is 0.564. The van der Waals surface area contributed by atoms with Crippen LogP contribution < -0.4 is 18.9 Å². The Balaban J connectivity index is 2.03. The molecule has 6 nitrogen and oxygen atoms in total.